The largest absolute Gasteiger partial charge is 0.383 e. The molecule has 2 unspecified atom stereocenters. The summed E-state index contributed by atoms with van der Waals surface area (Å²) in [4.78, 5) is 6.85. The Bertz CT molecular complexity index is 411. The van der Waals surface area contributed by atoms with Gasteiger partial charge in [0.05, 0.1) is 13.2 Å². The molecular weight excluding hydrogens is 272 g/mol. The van der Waals surface area contributed by atoms with Crippen LogP contribution in [-0.4, -0.2) is 68.1 Å². The number of likely N-dealkylation sites (N-methyl/N-ethyl adjacent to an activating group) is 1. The molecule has 2 heterocycles. The fourth-order valence-corrected chi connectivity index (χ4v) is 2.52. The molecule has 1 aliphatic rings. The van der Waals surface area contributed by atoms with Crippen molar-refractivity contribution in [2.75, 3.05) is 47.0 Å². The number of ether oxygens (including phenoxy) is 2. The van der Waals surface area contributed by atoms with Gasteiger partial charge in [0.1, 0.15) is 6.10 Å². The zero-order valence-electron chi connectivity index (χ0n) is 13.2. The van der Waals surface area contributed by atoms with Crippen molar-refractivity contribution in [3.63, 3.8) is 0 Å². The lowest BCUT2D eigenvalue weighted by Crippen LogP contribution is -2.39. The van der Waals surface area contributed by atoms with Crippen molar-refractivity contribution in [1.29, 1.82) is 0 Å². The summed E-state index contributed by atoms with van der Waals surface area (Å²) in [7, 11) is 3.58. The third kappa shape index (κ3) is 4.74. The van der Waals surface area contributed by atoms with Gasteiger partial charge < -0.3 is 19.3 Å². The summed E-state index contributed by atoms with van der Waals surface area (Å²) in [5.74, 6) is 1.27. The second-order valence-electron chi connectivity index (χ2n) is 5.35. The van der Waals surface area contributed by atoms with Crippen LogP contribution in [0.4, 0.5) is 0 Å². The van der Waals surface area contributed by atoms with Crippen LogP contribution in [0.15, 0.2) is 4.52 Å². The average molecular weight is 298 g/mol. The molecule has 7 nitrogen and oxygen atoms in total. The van der Waals surface area contributed by atoms with Gasteiger partial charge in [-0.2, -0.15) is 4.98 Å². The molecule has 2 rings (SSSR count). The van der Waals surface area contributed by atoms with Gasteiger partial charge in [-0.15, -0.1) is 0 Å². The topological polar surface area (TPSA) is 72.7 Å². The molecule has 0 amide bonds. The maximum Gasteiger partial charge on any atom is 0.228 e. The second-order valence-corrected chi connectivity index (χ2v) is 5.35. The summed E-state index contributed by atoms with van der Waals surface area (Å²) in [6.45, 7) is 6.41. The molecule has 0 aromatic carbocycles. The minimum atomic E-state index is -0.0849. The molecule has 1 aliphatic heterocycles. The third-order valence-corrected chi connectivity index (χ3v) is 3.66. The number of methoxy groups -OCH3 is 1. The molecule has 2 atom stereocenters. The number of hydrogen-bond donors (Lipinski definition) is 1. The van der Waals surface area contributed by atoms with Gasteiger partial charge in [0.15, 0.2) is 0 Å². The molecule has 21 heavy (non-hydrogen) atoms. The number of hydrogen-bond acceptors (Lipinski definition) is 7. The Balaban J connectivity index is 1.92. The zero-order valence-corrected chi connectivity index (χ0v) is 13.2. The molecule has 1 N–H and O–H groups in total. The van der Waals surface area contributed by atoms with Crippen LogP contribution in [0.1, 0.15) is 31.2 Å². The fraction of sp³-hybridized carbons (Fsp3) is 0.857. The normalized spacial score (nSPS) is 21.6. The maximum absolute atomic E-state index is 5.77. The lowest BCUT2D eigenvalue weighted by Gasteiger charge is -2.30. The molecule has 7 heteroatoms. The van der Waals surface area contributed by atoms with Gasteiger partial charge in [0.2, 0.25) is 11.7 Å². The van der Waals surface area contributed by atoms with Gasteiger partial charge in [-0.1, -0.05) is 12.1 Å². The summed E-state index contributed by atoms with van der Waals surface area (Å²) in [5, 5.41) is 7.25. The highest BCUT2D eigenvalue weighted by molar-refractivity contribution is 4.95. The predicted octanol–water partition coefficient (Wildman–Crippen LogP) is 0.630. The van der Waals surface area contributed by atoms with E-state index in [1.165, 1.54) is 0 Å². The van der Waals surface area contributed by atoms with E-state index >= 15 is 0 Å². The Hall–Kier alpha value is -1.02. The first-order valence-corrected chi connectivity index (χ1v) is 7.59. The van der Waals surface area contributed by atoms with E-state index in [0.717, 1.165) is 32.7 Å². The van der Waals surface area contributed by atoms with E-state index in [1.54, 1.807) is 7.11 Å². The molecule has 1 aromatic heterocycles. The monoisotopic (exact) mass is 298 g/mol. The Kier molecular flexibility index (Phi) is 6.56. The average Bonchev–Trinajstić information content (AvgIpc) is 2.96. The number of nitrogens with one attached hydrogen (secondary N) is 1. The van der Waals surface area contributed by atoms with Crippen molar-refractivity contribution in [1.82, 2.24) is 20.4 Å². The van der Waals surface area contributed by atoms with E-state index in [0.29, 0.717) is 24.7 Å². The lowest BCUT2D eigenvalue weighted by atomic mass is 10.2. The van der Waals surface area contributed by atoms with Crippen LogP contribution in [0.2, 0.25) is 0 Å². The highest BCUT2D eigenvalue weighted by Gasteiger charge is 2.26. The quantitative estimate of drug-likeness (QED) is 0.754. The summed E-state index contributed by atoms with van der Waals surface area (Å²) < 4.78 is 16.2. The number of morpholine rings is 1. The summed E-state index contributed by atoms with van der Waals surface area (Å²) in [6.07, 6.45) is 1.71. The van der Waals surface area contributed by atoms with Crippen molar-refractivity contribution >= 4 is 0 Å². The van der Waals surface area contributed by atoms with Crippen LogP contribution < -0.4 is 5.32 Å². The van der Waals surface area contributed by atoms with Crippen LogP contribution in [0, 0.1) is 0 Å². The van der Waals surface area contributed by atoms with Crippen LogP contribution in [0.25, 0.3) is 0 Å². The predicted molar refractivity (Wildman–Crippen MR) is 78.1 cm³/mol. The van der Waals surface area contributed by atoms with Crippen molar-refractivity contribution in [3.8, 4) is 0 Å². The van der Waals surface area contributed by atoms with Crippen LogP contribution in [0.5, 0.6) is 0 Å². The standard InChI is InChI=1S/C14H26N4O3/c1-4-5-18-6-7-20-12(9-18)14-16-13(21-17-14)8-11(15-2)10-19-3/h11-12,15H,4-10H2,1-3H3. The van der Waals surface area contributed by atoms with Crippen molar-refractivity contribution < 1.29 is 14.0 Å². The number of nitrogens with zero attached hydrogens (tertiary/aromatic N) is 3. The van der Waals surface area contributed by atoms with Crippen molar-refractivity contribution in [2.45, 2.75) is 31.9 Å². The lowest BCUT2D eigenvalue weighted by molar-refractivity contribution is -0.0350. The van der Waals surface area contributed by atoms with E-state index in [-0.39, 0.29) is 12.1 Å². The van der Waals surface area contributed by atoms with Gasteiger partial charge in [0, 0.05) is 32.7 Å². The van der Waals surface area contributed by atoms with Crippen molar-refractivity contribution in [3.05, 3.63) is 11.7 Å². The summed E-state index contributed by atoms with van der Waals surface area (Å²) >= 11 is 0. The minimum absolute atomic E-state index is 0.0849. The van der Waals surface area contributed by atoms with Crippen LogP contribution in [-0.2, 0) is 15.9 Å². The first-order valence-electron chi connectivity index (χ1n) is 7.59. The Morgan fingerprint density at radius 2 is 2.38 bits per heavy atom. The molecule has 0 aliphatic carbocycles. The second kappa shape index (κ2) is 8.43. The van der Waals surface area contributed by atoms with E-state index in [4.69, 9.17) is 14.0 Å². The van der Waals surface area contributed by atoms with E-state index < -0.39 is 0 Å². The van der Waals surface area contributed by atoms with E-state index in [2.05, 4.69) is 27.3 Å². The SMILES string of the molecule is CCCN1CCOC(c2noc(CC(COC)NC)n2)C1. The Morgan fingerprint density at radius 1 is 1.52 bits per heavy atom. The molecule has 1 fully saturated rings. The molecular formula is C14H26N4O3. The first-order chi connectivity index (χ1) is 10.3. The van der Waals surface area contributed by atoms with E-state index in [1.807, 2.05) is 7.05 Å². The minimum Gasteiger partial charge on any atom is -0.383 e. The van der Waals surface area contributed by atoms with Gasteiger partial charge in [-0.05, 0) is 20.0 Å². The summed E-state index contributed by atoms with van der Waals surface area (Å²) in [6, 6.07) is 0.173. The first kappa shape index (κ1) is 16.4. The highest BCUT2D eigenvalue weighted by atomic mass is 16.5. The van der Waals surface area contributed by atoms with Crippen molar-refractivity contribution in [2.24, 2.45) is 0 Å². The molecule has 1 aromatic rings. The van der Waals surface area contributed by atoms with Gasteiger partial charge in [0.25, 0.3) is 0 Å². The van der Waals surface area contributed by atoms with Crippen LogP contribution in [0.3, 0.4) is 0 Å². The summed E-state index contributed by atoms with van der Waals surface area (Å²) in [5.41, 5.74) is 0. The zero-order chi connectivity index (χ0) is 15.1. The maximum atomic E-state index is 5.77. The van der Waals surface area contributed by atoms with E-state index in [9.17, 15) is 0 Å². The van der Waals surface area contributed by atoms with Crippen LogP contribution >= 0.6 is 0 Å². The fourth-order valence-electron chi connectivity index (χ4n) is 2.52. The molecule has 0 spiro atoms. The Morgan fingerprint density at radius 3 is 3.10 bits per heavy atom. The Labute approximate surface area is 126 Å². The molecule has 0 bridgehead atoms. The number of rotatable bonds is 8. The van der Waals surface area contributed by atoms with Gasteiger partial charge in [-0.25, -0.2) is 0 Å². The number of aromatic nitrogens is 2. The molecule has 1 saturated heterocycles. The molecule has 0 radical (unpaired) electrons. The molecule has 0 saturated carbocycles. The van der Waals surface area contributed by atoms with Gasteiger partial charge in [-0.3, -0.25) is 4.90 Å². The van der Waals surface area contributed by atoms with Gasteiger partial charge >= 0.3 is 0 Å². The smallest absolute Gasteiger partial charge is 0.228 e. The third-order valence-electron chi connectivity index (χ3n) is 3.66. The molecule has 120 valence electrons. The highest BCUT2D eigenvalue weighted by Crippen LogP contribution is 2.20.